The van der Waals surface area contributed by atoms with Crippen LogP contribution in [0, 0.1) is 6.92 Å². The second-order valence-corrected chi connectivity index (χ2v) is 4.85. The van der Waals surface area contributed by atoms with Gasteiger partial charge in [0, 0.05) is 16.6 Å². The van der Waals surface area contributed by atoms with Crippen LogP contribution in [0.5, 0.6) is 0 Å². The van der Waals surface area contributed by atoms with Crippen molar-refractivity contribution in [2.45, 2.75) is 6.92 Å². The number of amides is 1. The third-order valence-corrected chi connectivity index (χ3v) is 3.20. The molecule has 0 saturated heterocycles. The Bertz CT molecular complexity index is 816. The number of furan rings is 1. The number of hydrogen-bond donors (Lipinski definition) is 1. The Balaban J connectivity index is 1.84. The molecule has 0 saturated carbocycles. The van der Waals surface area contributed by atoms with E-state index >= 15 is 0 Å². The van der Waals surface area contributed by atoms with E-state index in [4.69, 9.17) is 4.42 Å². The topological polar surface area (TPSA) is 59.3 Å². The van der Waals surface area contributed by atoms with E-state index in [9.17, 15) is 9.59 Å². The Labute approximate surface area is 121 Å². The van der Waals surface area contributed by atoms with Crippen molar-refractivity contribution in [3.8, 4) is 0 Å². The van der Waals surface area contributed by atoms with Gasteiger partial charge in [0.2, 0.25) is 0 Å². The summed E-state index contributed by atoms with van der Waals surface area (Å²) in [4.78, 5) is 22.7. The van der Waals surface area contributed by atoms with Crippen LogP contribution in [-0.4, -0.2) is 12.2 Å². The third kappa shape index (κ3) is 2.69. The minimum atomic E-state index is -0.317. The van der Waals surface area contributed by atoms with Crippen LogP contribution in [0.3, 0.4) is 0 Å². The van der Waals surface area contributed by atoms with Crippen molar-refractivity contribution in [3.63, 3.8) is 0 Å². The van der Waals surface area contributed by atoms with Crippen molar-refractivity contribution in [1.82, 2.24) is 0 Å². The Morgan fingerprint density at radius 2 is 1.86 bits per heavy atom. The van der Waals surface area contributed by atoms with E-state index in [1.807, 2.05) is 25.1 Å². The van der Waals surface area contributed by atoms with E-state index in [0.717, 1.165) is 17.2 Å². The molecule has 1 N–H and O–H groups in total. The molecule has 1 amide bonds. The van der Waals surface area contributed by atoms with Gasteiger partial charge in [-0.25, -0.2) is 0 Å². The number of nitrogens with one attached hydrogen (secondary N) is 1. The average molecular weight is 279 g/mol. The first kappa shape index (κ1) is 13.1. The number of hydrogen-bond acceptors (Lipinski definition) is 3. The summed E-state index contributed by atoms with van der Waals surface area (Å²) in [6, 6.07) is 14.1. The fraction of sp³-hybridized carbons (Fsp3) is 0.0588. The highest BCUT2D eigenvalue weighted by Gasteiger charge is 2.12. The Kier molecular flexibility index (Phi) is 3.28. The zero-order valence-electron chi connectivity index (χ0n) is 11.4. The van der Waals surface area contributed by atoms with Gasteiger partial charge in [0.25, 0.3) is 5.91 Å². The van der Waals surface area contributed by atoms with Crippen LogP contribution in [0.2, 0.25) is 0 Å². The minimum absolute atomic E-state index is 0.259. The van der Waals surface area contributed by atoms with Crippen molar-refractivity contribution in [2.24, 2.45) is 0 Å². The normalized spacial score (nSPS) is 10.5. The molecule has 0 unspecified atom stereocenters. The van der Waals surface area contributed by atoms with Crippen LogP contribution in [-0.2, 0) is 0 Å². The predicted octanol–water partition coefficient (Wildman–Crippen LogP) is 3.81. The van der Waals surface area contributed by atoms with Crippen LogP contribution in [0.4, 0.5) is 5.69 Å². The van der Waals surface area contributed by atoms with E-state index < -0.39 is 0 Å². The smallest absolute Gasteiger partial charge is 0.291 e. The maximum atomic E-state index is 12.1. The van der Waals surface area contributed by atoms with E-state index in [-0.39, 0.29) is 11.7 Å². The number of rotatable bonds is 3. The molecule has 1 aromatic heterocycles. The third-order valence-electron chi connectivity index (χ3n) is 3.20. The maximum Gasteiger partial charge on any atom is 0.291 e. The summed E-state index contributed by atoms with van der Waals surface area (Å²) >= 11 is 0. The lowest BCUT2D eigenvalue weighted by atomic mass is 10.2. The van der Waals surface area contributed by atoms with E-state index in [0.29, 0.717) is 16.8 Å². The Morgan fingerprint density at radius 3 is 2.57 bits per heavy atom. The number of aldehydes is 1. The van der Waals surface area contributed by atoms with Gasteiger partial charge >= 0.3 is 0 Å². The molecule has 0 bridgehead atoms. The predicted molar refractivity (Wildman–Crippen MR) is 80.7 cm³/mol. The minimum Gasteiger partial charge on any atom is -0.451 e. The van der Waals surface area contributed by atoms with Crippen molar-refractivity contribution in [3.05, 3.63) is 65.4 Å². The summed E-state index contributed by atoms with van der Waals surface area (Å²) in [5.74, 6) is -0.0576. The maximum absolute atomic E-state index is 12.1. The molecule has 2 aromatic carbocycles. The Hall–Kier alpha value is -2.88. The molecule has 0 aliphatic heterocycles. The average Bonchev–Trinajstić information content (AvgIpc) is 2.91. The molecule has 0 aliphatic carbocycles. The van der Waals surface area contributed by atoms with Crippen molar-refractivity contribution in [1.29, 1.82) is 0 Å². The molecule has 4 heteroatoms. The largest absolute Gasteiger partial charge is 0.451 e. The molecule has 3 aromatic rings. The first-order valence-corrected chi connectivity index (χ1v) is 6.52. The summed E-state index contributed by atoms with van der Waals surface area (Å²) in [6.45, 7) is 1.99. The highest BCUT2D eigenvalue weighted by atomic mass is 16.3. The van der Waals surface area contributed by atoms with Gasteiger partial charge in [0.15, 0.2) is 5.76 Å². The number of anilines is 1. The van der Waals surface area contributed by atoms with E-state index in [1.54, 1.807) is 30.3 Å². The summed E-state index contributed by atoms with van der Waals surface area (Å²) in [7, 11) is 0. The monoisotopic (exact) mass is 279 g/mol. The fourth-order valence-electron chi connectivity index (χ4n) is 2.11. The molecule has 0 radical (unpaired) electrons. The summed E-state index contributed by atoms with van der Waals surface area (Å²) in [6.07, 6.45) is 0.757. The fourth-order valence-corrected chi connectivity index (χ4v) is 2.11. The van der Waals surface area contributed by atoms with Gasteiger partial charge in [-0.15, -0.1) is 0 Å². The second-order valence-electron chi connectivity index (χ2n) is 4.85. The summed E-state index contributed by atoms with van der Waals surface area (Å²) in [5, 5.41) is 3.64. The van der Waals surface area contributed by atoms with Gasteiger partial charge in [-0.3, -0.25) is 9.59 Å². The number of aryl methyl sites for hydroxylation is 1. The lowest BCUT2D eigenvalue weighted by molar-refractivity contribution is 0.0998. The number of carbonyl (C=O) groups is 2. The van der Waals surface area contributed by atoms with Crippen LogP contribution in [0.1, 0.15) is 26.5 Å². The van der Waals surface area contributed by atoms with Gasteiger partial charge in [0.1, 0.15) is 11.9 Å². The van der Waals surface area contributed by atoms with Crippen LogP contribution >= 0.6 is 0 Å². The van der Waals surface area contributed by atoms with Gasteiger partial charge in [-0.2, -0.15) is 0 Å². The molecular formula is C17H13NO3. The molecule has 0 fully saturated rings. The van der Waals surface area contributed by atoms with Crippen molar-refractivity contribution in [2.75, 3.05) is 5.32 Å². The van der Waals surface area contributed by atoms with Crippen molar-refractivity contribution >= 4 is 28.8 Å². The number of benzene rings is 2. The molecule has 3 rings (SSSR count). The van der Waals surface area contributed by atoms with Crippen LogP contribution < -0.4 is 5.32 Å². The molecule has 104 valence electrons. The van der Waals surface area contributed by atoms with E-state index in [1.165, 1.54) is 0 Å². The number of fused-ring (bicyclic) bond motifs is 1. The second kappa shape index (κ2) is 5.25. The molecule has 1 heterocycles. The number of carbonyl (C=O) groups excluding carboxylic acids is 2. The summed E-state index contributed by atoms with van der Waals surface area (Å²) in [5.41, 5.74) is 2.97. The first-order chi connectivity index (χ1) is 10.2. The van der Waals surface area contributed by atoms with Gasteiger partial charge in [0.05, 0.1) is 0 Å². The molecule has 4 nitrogen and oxygen atoms in total. The van der Waals surface area contributed by atoms with Crippen molar-refractivity contribution < 1.29 is 14.0 Å². The highest BCUT2D eigenvalue weighted by molar-refractivity contribution is 6.04. The lowest BCUT2D eigenvalue weighted by Crippen LogP contribution is -2.10. The summed E-state index contributed by atoms with van der Waals surface area (Å²) < 4.78 is 5.53. The van der Waals surface area contributed by atoms with Gasteiger partial charge in [-0.1, -0.05) is 11.6 Å². The Morgan fingerprint density at radius 1 is 1.10 bits per heavy atom. The molecule has 0 spiro atoms. The van der Waals surface area contributed by atoms with Crippen LogP contribution in [0.25, 0.3) is 11.0 Å². The molecular weight excluding hydrogens is 266 g/mol. The van der Waals surface area contributed by atoms with E-state index in [2.05, 4.69) is 5.32 Å². The highest BCUT2D eigenvalue weighted by Crippen LogP contribution is 2.21. The zero-order chi connectivity index (χ0) is 14.8. The van der Waals surface area contributed by atoms with Gasteiger partial charge < -0.3 is 9.73 Å². The standard InChI is InChI=1S/C17H13NO3/c1-11-2-7-15-13(8-11)9-16(21-15)17(20)18-14-5-3-12(10-19)4-6-14/h2-10H,1H3,(H,18,20). The first-order valence-electron chi connectivity index (χ1n) is 6.52. The molecule has 0 aliphatic rings. The SMILES string of the molecule is Cc1ccc2oc(C(=O)Nc3ccc(C=O)cc3)cc2c1. The van der Waals surface area contributed by atoms with Crippen LogP contribution in [0.15, 0.2) is 52.9 Å². The lowest BCUT2D eigenvalue weighted by Gasteiger charge is -2.02. The quantitative estimate of drug-likeness (QED) is 0.742. The molecule has 0 atom stereocenters. The molecule has 21 heavy (non-hydrogen) atoms. The zero-order valence-corrected chi connectivity index (χ0v) is 11.4. The van der Waals surface area contributed by atoms with Gasteiger partial charge in [-0.05, 0) is 49.4 Å².